The molecule has 1 aliphatic rings. The van der Waals surface area contributed by atoms with Gasteiger partial charge in [-0.25, -0.2) is 4.79 Å². The van der Waals surface area contributed by atoms with Gasteiger partial charge in [0, 0.05) is 18.2 Å². The van der Waals surface area contributed by atoms with E-state index in [1.54, 1.807) is 6.92 Å². The summed E-state index contributed by atoms with van der Waals surface area (Å²) in [5.41, 5.74) is -0.596. The number of aryl methyl sites for hydroxylation is 1. The van der Waals surface area contributed by atoms with Gasteiger partial charge in [-0.2, -0.15) is 0 Å². The Hall–Kier alpha value is -1.44. The van der Waals surface area contributed by atoms with Crippen LogP contribution in [0.5, 0.6) is 0 Å². The lowest BCUT2D eigenvalue weighted by Crippen LogP contribution is -2.34. The molecule has 7 nitrogen and oxygen atoms in total. The molecule has 17 heavy (non-hydrogen) atoms. The number of aliphatic hydroxyl groups is 2. The third kappa shape index (κ3) is 2.17. The smallest absolute Gasteiger partial charge is 0.330 e. The predicted octanol–water partition coefficient (Wildman–Crippen LogP) is -1.51. The second kappa shape index (κ2) is 4.44. The maximum absolute atomic E-state index is 11.6. The number of hydrogen-bond acceptors (Lipinski definition) is 5. The van der Waals surface area contributed by atoms with Crippen LogP contribution in [0.2, 0.25) is 0 Å². The van der Waals surface area contributed by atoms with Crippen molar-refractivity contribution in [2.75, 3.05) is 6.61 Å². The number of nitrogens with zero attached hydrogens (tertiary/aromatic N) is 1. The zero-order chi connectivity index (χ0) is 12.6. The Morgan fingerprint density at radius 3 is 2.82 bits per heavy atom. The normalized spacial score (nSPS) is 28.5. The molecule has 7 heteroatoms. The lowest BCUT2D eigenvalue weighted by molar-refractivity contribution is -0.0465. The van der Waals surface area contributed by atoms with Gasteiger partial charge >= 0.3 is 5.69 Å². The zero-order valence-corrected chi connectivity index (χ0v) is 9.29. The van der Waals surface area contributed by atoms with E-state index in [0.717, 1.165) is 0 Å². The molecule has 3 unspecified atom stereocenters. The molecule has 3 atom stereocenters. The maximum Gasteiger partial charge on any atom is 0.330 e. The highest BCUT2D eigenvalue weighted by molar-refractivity contribution is 5.00. The van der Waals surface area contributed by atoms with Crippen LogP contribution in [-0.4, -0.2) is 38.6 Å². The van der Waals surface area contributed by atoms with Crippen molar-refractivity contribution in [1.82, 2.24) is 9.55 Å². The first-order valence-electron chi connectivity index (χ1n) is 5.29. The lowest BCUT2D eigenvalue weighted by Gasteiger charge is -2.16. The molecule has 0 saturated carbocycles. The fourth-order valence-corrected chi connectivity index (χ4v) is 2.02. The number of aromatic nitrogens is 2. The summed E-state index contributed by atoms with van der Waals surface area (Å²) in [5, 5.41) is 18.5. The van der Waals surface area contributed by atoms with E-state index in [2.05, 4.69) is 4.98 Å². The molecule has 0 bridgehead atoms. The highest BCUT2D eigenvalue weighted by Crippen LogP contribution is 2.27. The summed E-state index contributed by atoms with van der Waals surface area (Å²) in [6, 6.07) is 1.28. The van der Waals surface area contributed by atoms with E-state index in [1.165, 1.54) is 10.6 Å². The number of H-pyrrole nitrogens is 1. The fourth-order valence-electron chi connectivity index (χ4n) is 2.02. The van der Waals surface area contributed by atoms with Gasteiger partial charge in [-0.15, -0.1) is 0 Å². The first kappa shape index (κ1) is 12.0. The monoisotopic (exact) mass is 242 g/mol. The van der Waals surface area contributed by atoms with Crippen LogP contribution in [-0.2, 0) is 4.74 Å². The van der Waals surface area contributed by atoms with Crippen molar-refractivity contribution < 1.29 is 14.9 Å². The number of ether oxygens (including phenoxy) is 1. The first-order chi connectivity index (χ1) is 8.02. The van der Waals surface area contributed by atoms with Crippen LogP contribution in [0.4, 0.5) is 0 Å². The third-order valence-electron chi connectivity index (χ3n) is 2.84. The Labute approximate surface area is 96.3 Å². The Kier molecular flexibility index (Phi) is 3.14. The third-order valence-corrected chi connectivity index (χ3v) is 2.84. The van der Waals surface area contributed by atoms with Crippen LogP contribution in [0, 0.1) is 6.92 Å². The molecule has 1 aromatic heterocycles. The predicted molar refractivity (Wildman–Crippen MR) is 57.7 cm³/mol. The molecular weight excluding hydrogens is 228 g/mol. The first-order valence-corrected chi connectivity index (χ1v) is 5.29. The van der Waals surface area contributed by atoms with E-state index in [1.807, 2.05) is 0 Å². The van der Waals surface area contributed by atoms with E-state index >= 15 is 0 Å². The highest BCUT2D eigenvalue weighted by Gasteiger charge is 2.35. The van der Waals surface area contributed by atoms with Gasteiger partial charge in [0.1, 0.15) is 12.3 Å². The summed E-state index contributed by atoms with van der Waals surface area (Å²) in [6.07, 6.45) is -1.97. The van der Waals surface area contributed by atoms with E-state index in [4.69, 9.17) is 9.84 Å². The standard InChI is InChI=1S/C10H14N2O5/c1-5-2-8(15)11-10(16)12(5)9-3-6(14)7(4-13)17-9/h2,6-7,9,13-14H,3-4H2,1H3,(H,11,15,16). The van der Waals surface area contributed by atoms with Gasteiger partial charge in [-0.1, -0.05) is 0 Å². The molecule has 0 spiro atoms. The van der Waals surface area contributed by atoms with Crippen LogP contribution in [0.1, 0.15) is 18.3 Å². The Morgan fingerprint density at radius 1 is 1.59 bits per heavy atom. The summed E-state index contributed by atoms with van der Waals surface area (Å²) in [7, 11) is 0. The maximum atomic E-state index is 11.6. The molecule has 2 rings (SSSR count). The van der Waals surface area contributed by atoms with Crippen molar-refractivity contribution in [3.8, 4) is 0 Å². The van der Waals surface area contributed by atoms with Gasteiger partial charge in [-0.05, 0) is 6.92 Å². The minimum atomic E-state index is -0.816. The van der Waals surface area contributed by atoms with Gasteiger partial charge in [0.2, 0.25) is 0 Å². The molecule has 0 amide bonds. The Balaban J connectivity index is 2.37. The number of nitrogens with one attached hydrogen (secondary N) is 1. The average Bonchev–Trinajstić information content (AvgIpc) is 2.57. The van der Waals surface area contributed by atoms with Crippen LogP contribution >= 0.6 is 0 Å². The van der Waals surface area contributed by atoms with E-state index in [-0.39, 0.29) is 13.0 Å². The lowest BCUT2D eigenvalue weighted by atomic mass is 10.2. The topological polar surface area (TPSA) is 105 Å². The van der Waals surface area contributed by atoms with Gasteiger partial charge in [0.05, 0.1) is 12.7 Å². The Bertz CT molecular complexity index is 520. The molecule has 94 valence electrons. The van der Waals surface area contributed by atoms with E-state index < -0.39 is 29.7 Å². The van der Waals surface area contributed by atoms with Crippen molar-refractivity contribution in [3.05, 3.63) is 32.6 Å². The van der Waals surface area contributed by atoms with E-state index in [9.17, 15) is 14.7 Å². The summed E-state index contributed by atoms with van der Waals surface area (Å²) < 4.78 is 6.62. The molecule has 2 heterocycles. The number of rotatable bonds is 2. The number of aliphatic hydroxyl groups excluding tert-OH is 2. The molecule has 1 aliphatic heterocycles. The van der Waals surface area contributed by atoms with Gasteiger partial charge < -0.3 is 14.9 Å². The summed E-state index contributed by atoms with van der Waals surface area (Å²) >= 11 is 0. The molecule has 0 aromatic carbocycles. The highest BCUT2D eigenvalue weighted by atomic mass is 16.5. The van der Waals surface area contributed by atoms with Gasteiger partial charge in [0.15, 0.2) is 0 Å². The summed E-state index contributed by atoms with van der Waals surface area (Å²) in [5.74, 6) is 0. The van der Waals surface area contributed by atoms with Crippen molar-refractivity contribution in [2.24, 2.45) is 0 Å². The second-order valence-corrected chi connectivity index (χ2v) is 4.06. The summed E-state index contributed by atoms with van der Waals surface area (Å²) in [4.78, 5) is 24.8. The Morgan fingerprint density at radius 2 is 2.29 bits per heavy atom. The minimum Gasteiger partial charge on any atom is -0.394 e. The second-order valence-electron chi connectivity index (χ2n) is 4.06. The molecule has 1 fully saturated rings. The van der Waals surface area contributed by atoms with Crippen molar-refractivity contribution in [3.63, 3.8) is 0 Å². The van der Waals surface area contributed by atoms with Gasteiger partial charge in [-0.3, -0.25) is 14.3 Å². The molecule has 3 N–H and O–H groups in total. The molecular formula is C10H14N2O5. The average molecular weight is 242 g/mol. The quantitative estimate of drug-likeness (QED) is 0.584. The molecule has 0 radical (unpaired) electrons. The van der Waals surface area contributed by atoms with Crippen LogP contribution in [0.15, 0.2) is 15.7 Å². The van der Waals surface area contributed by atoms with Crippen molar-refractivity contribution >= 4 is 0 Å². The van der Waals surface area contributed by atoms with E-state index in [0.29, 0.717) is 5.69 Å². The SMILES string of the molecule is Cc1cc(=O)[nH]c(=O)n1C1CC(O)C(CO)O1. The molecule has 0 aliphatic carbocycles. The van der Waals surface area contributed by atoms with Gasteiger partial charge in [0.25, 0.3) is 5.56 Å². The minimum absolute atomic E-state index is 0.206. The van der Waals surface area contributed by atoms with Crippen LogP contribution in [0.3, 0.4) is 0 Å². The zero-order valence-electron chi connectivity index (χ0n) is 9.29. The largest absolute Gasteiger partial charge is 0.394 e. The van der Waals surface area contributed by atoms with Crippen molar-refractivity contribution in [2.45, 2.75) is 31.8 Å². The summed E-state index contributed by atoms with van der Waals surface area (Å²) in [6.45, 7) is 1.30. The number of hydrogen-bond donors (Lipinski definition) is 3. The number of aromatic amines is 1. The molecule has 1 aromatic rings. The molecule has 1 saturated heterocycles. The van der Waals surface area contributed by atoms with Crippen molar-refractivity contribution in [1.29, 1.82) is 0 Å². The van der Waals surface area contributed by atoms with Crippen LogP contribution in [0.25, 0.3) is 0 Å². The fraction of sp³-hybridized carbons (Fsp3) is 0.600. The van der Waals surface area contributed by atoms with Crippen LogP contribution < -0.4 is 11.2 Å².